The van der Waals surface area contributed by atoms with Crippen molar-refractivity contribution in [1.82, 2.24) is 10.2 Å². The maximum Gasteiger partial charge on any atom is 0.248 e. The molecule has 0 aromatic heterocycles. The zero-order valence-corrected chi connectivity index (χ0v) is 20.0. The third kappa shape index (κ3) is 3.70. The lowest BCUT2D eigenvalue weighted by Crippen LogP contribution is -2.52. The van der Waals surface area contributed by atoms with E-state index in [0.717, 1.165) is 12.8 Å². The number of likely N-dealkylation sites (tertiary alicyclic amines) is 1. The minimum atomic E-state index is -0.696. The highest BCUT2D eigenvalue weighted by Gasteiger charge is 2.76. The first-order valence-electron chi connectivity index (χ1n) is 11.2. The zero-order valence-electron chi connectivity index (χ0n) is 18.4. The highest BCUT2D eigenvalue weighted by atomic mass is 35.5. The van der Waals surface area contributed by atoms with Crippen LogP contribution >= 0.6 is 23.4 Å². The molecule has 1 aromatic rings. The first-order chi connectivity index (χ1) is 15.3. The van der Waals surface area contributed by atoms with Gasteiger partial charge in [0.1, 0.15) is 6.04 Å². The minimum Gasteiger partial charge on any atom is -0.396 e. The smallest absolute Gasteiger partial charge is 0.248 e. The molecule has 5 atom stereocenters. The molecule has 2 bridgehead atoms. The molecule has 7 nitrogen and oxygen atoms in total. The minimum absolute atomic E-state index is 0.0712. The molecule has 2 unspecified atom stereocenters. The number of hydrogen-bond acceptors (Lipinski definition) is 5. The summed E-state index contributed by atoms with van der Waals surface area (Å²) in [6.45, 7) is 4.83. The van der Waals surface area contributed by atoms with E-state index >= 15 is 0 Å². The quantitative estimate of drug-likeness (QED) is 0.532. The average molecular weight is 480 g/mol. The third-order valence-electron chi connectivity index (χ3n) is 7.03. The van der Waals surface area contributed by atoms with Crippen molar-refractivity contribution in [1.29, 1.82) is 0 Å². The summed E-state index contributed by atoms with van der Waals surface area (Å²) in [4.78, 5) is 42.0. The molecular weight excluding hydrogens is 450 g/mol. The highest BCUT2D eigenvalue weighted by molar-refractivity contribution is 8.02. The second-order valence-electron chi connectivity index (χ2n) is 9.12. The van der Waals surface area contributed by atoms with E-state index in [1.807, 2.05) is 6.92 Å². The Labute approximate surface area is 197 Å². The first-order valence-corrected chi connectivity index (χ1v) is 12.4. The van der Waals surface area contributed by atoms with Crippen LogP contribution in [0.3, 0.4) is 0 Å². The summed E-state index contributed by atoms with van der Waals surface area (Å²) in [7, 11) is 0. The summed E-state index contributed by atoms with van der Waals surface area (Å²) in [6.07, 6.45) is 2.69. The number of carbonyl (C=O) groups is 3. The van der Waals surface area contributed by atoms with Crippen LogP contribution in [-0.4, -0.2) is 63.0 Å². The van der Waals surface area contributed by atoms with Crippen molar-refractivity contribution in [2.24, 2.45) is 11.8 Å². The molecule has 174 valence electrons. The SMILES string of the molecule is CCCNC(=O)[C@@H]1[C@H]2C(=O)N(CCCO)C(C(=O)Nc3ccc(Cl)cc3)C23CC[C@@]1(C)S3. The summed E-state index contributed by atoms with van der Waals surface area (Å²) in [5, 5.41) is 15.9. The molecule has 3 aliphatic heterocycles. The molecule has 3 saturated heterocycles. The van der Waals surface area contributed by atoms with Gasteiger partial charge in [-0.3, -0.25) is 14.4 Å². The number of rotatable bonds is 8. The van der Waals surface area contributed by atoms with E-state index in [-0.39, 0.29) is 35.6 Å². The lowest BCUT2D eigenvalue weighted by molar-refractivity contribution is -0.140. The van der Waals surface area contributed by atoms with E-state index in [4.69, 9.17) is 11.6 Å². The monoisotopic (exact) mass is 479 g/mol. The van der Waals surface area contributed by atoms with Gasteiger partial charge in [-0.1, -0.05) is 18.5 Å². The summed E-state index contributed by atoms with van der Waals surface area (Å²) in [6, 6.07) is 6.16. The van der Waals surface area contributed by atoms with E-state index < -0.39 is 22.6 Å². The fraction of sp³-hybridized carbons (Fsp3) is 0.609. The van der Waals surface area contributed by atoms with Gasteiger partial charge >= 0.3 is 0 Å². The molecule has 3 heterocycles. The van der Waals surface area contributed by atoms with Gasteiger partial charge in [0.2, 0.25) is 17.7 Å². The van der Waals surface area contributed by atoms with E-state index in [1.54, 1.807) is 40.9 Å². The molecule has 3 aliphatic rings. The summed E-state index contributed by atoms with van der Waals surface area (Å²) in [5.74, 6) is -1.51. The Morgan fingerprint density at radius 2 is 1.97 bits per heavy atom. The van der Waals surface area contributed by atoms with Gasteiger partial charge in [0.15, 0.2) is 0 Å². The van der Waals surface area contributed by atoms with Crippen LogP contribution in [0.1, 0.15) is 39.5 Å². The summed E-state index contributed by atoms with van der Waals surface area (Å²) < 4.78 is -1.02. The van der Waals surface area contributed by atoms with Crippen molar-refractivity contribution in [3.8, 4) is 0 Å². The van der Waals surface area contributed by atoms with E-state index in [1.165, 1.54) is 0 Å². The van der Waals surface area contributed by atoms with Crippen molar-refractivity contribution in [2.45, 2.75) is 55.1 Å². The number of hydrogen-bond donors (Lipinski definition) is 3. The number of benzene rings is 1. The van der Waals surface area contributed by atoms with Gasteiger partial charge in [0, 0.05) is 35.2 Å². The second kappa shape index (κ2) is 8.88. The summed E-state index contributed by atoms with van der Waals surface area (Å²) in [5.41, 5.74) is 0.606. The molecule has 9 heteroatoms. The maximum atomic E-state index is 13.7. The topological polar surface area (TPSA) is 98.7 Å². The van der Waals surface area contributed by atoms with Crippen LogP contribution in [0.25, 0.3) is 0 Å². The summed E-state index contributed by atoms with van der Waals surface area (Å²) >= 11 is 7.61. The Hall–Kier alpha value is -1.77. The van der Waals surface area contributed by atoms with Gasteiger partial charge in [0.25, 0.3) is 0 Å². The molecule has 32 heavy (non-hydrogen) atoms. The molecule has 1 aromatic carbocycles. The fourth-order valence-electron chi connectivity index (χ4n) is 5.71. The van der Waals surface area contributed by atoms with Gasteiger partial charge < -0.3 is 20.6 Å². The molecule has 0 saturated carbocycles. The predicted molar refractivity (Wildman–Crippen MR) is 126 cm³/mol. The standard InChI is InChI=1S/C23H30ClN3O4S/c1-3-11-25-19(29)16-17-21(31)27(12-4-13-28)18(23(17)10-9-22(16,2)32-23)20(30)26-15-7-5-14(24)6-8-15/h5-8,16-18,28H,3-4,9-13H2,1-2H3,(H,25,29)(H,26,30)/t16-,17-,18?,22+,23?/m0/s1. The number of fused-ring (bicyclic) bond motifs is 1. The first kappa shape index (κ1) is 23.4. The molecule has 3 N–H and O–H groups in total. The maximum absolute atomic E-state index is 13.7. The van der Waals surface area contributed by atoms with Crippen molar-refractivity contribution in [3.05, 3.63) is 29.3 Å². The van der Waals surface area contributed by atoms with Crippen LogP contribution in [0.5, 0.6) is 0 Å². The second-order valence-corrected chi connectivity index (χ2v) is 11.5. The van der Waals surface area contributed by atoms with Crippen LogP contribution in [0.15, 0.2) is 24.3 Å². The van der Waals surface area contributed by atoms with Gasteiger partial charge in [-0.2, -0.15) is 0 Å². The lowest BCUT2D eigenvalue weighted by Gasteiger charge is -2.34. The Bertz CT molecular complexity index is 913. The number of carbonyl (C=O) groups excluding carboxylic acids is 3. The van der Waals surface area contributed by atoms with Crippen LogP contribution in [0, 0.1) is 11.8 Å². The molecular formula is C23H30ClN3O4S. The highest BCUT2D eigenvalue weighted by Crippen LogP contribution is 2.71. The molecule has 3 fully saturated rings. The van der Waals surface area contributed by atoms with Crippen LogP contribution in [-0.2, 0) is 14.4 Å². The number of halogens is 1. The van der Waals surface area contributed by atoms with Crippen LogP contribution < -0.4 is 10.6 Å². The predicted octanol–water partition coefficient (Wildman–Crippen LogP) is 2.67. The molecule has 0 radical (unpaired) electrons. The van der Waals surface area contributed by atoms with Gasteiger partial charge in [-0.25, -0.2) is 0 Å². The zero-order chi connectivity index (χ0) is 23.1. The number of nitrogens with zero attached hydrogens (tertiary/aromatic N) is 1. The van der Waals surface area contributed by atoms with Crippen molar-refractivity contribution in [3.63, 3.8) is 0 Å². The van der Waals surface area contributed by atoms with E-state index in [2.05, 4.69) is 17.6 Å². The van der Waals surface area contributed by atoms with Crippen molar-refractivity contribution < 1.29 is 19.5 Å². The molecule has 3 amide bonds. The molecule has 4 rings (SSSR count). The number of aliphatic hydroxyl groups excluding tert-OH is 1. The van der Waals surface area contributed by atoms with Gasteiger partial charge in [-0.15, -0.1) is 11.8 Å². The Morgan fingerprint density at radius 3 is 2.62 bits per heavy atom. The van der Waals surface area contributed by atoms with Crippen LogP contribution in [0.2, 0.25) is 5.02 Å². The molecule has 0 aliphatic carbocycles. The number of nitrogens with one attached hydrogen (secondary N) is 2. The fourth-order valence-corrected chi connectivity index (χ4v) is 8.19. The van der Waals surface area contributed by atoms with E-state index in [0.29, 0.717) is 30.1 Å². The normalized spacial score (nSPS) is 32.8. The number of thioether (sulfide) groups is 1. The average Bonchev–Trinajstić information content (AvgIpc) is 3.33. The van der Waals surface area contributed by atoms with Gasteiger partial charge in [-0.05, 0) is 56.9 Å². The van der Waals surface area contributed by atoms with Gasteiger partial charge in [0.05, 0.1) is 16.6 Å². The Kier molecular flexibility index (Phi) is 6.49. The Balaban J connectivity index is 1.68. The van der Waals surface area contributed by atoms with Crippen molar-refractivity contribution in [2.75, 3.05) is 25.0 Å². The van der Waals surface area contributed by atoms with Crippen molar-refractivity contribution >= 4 is 46.8 Å². The lowest BCUT2D eigenvalue weighted by atomic mass is 9.66. The largest absolute Gasteiger partial charge is 0.396 e. The third-order valence-corrected chi connectivity index (χ3v) is 9.26. The molecule has 1 spiro atoms. The number of aliphatic hydroxyl groups is 1. The van der Waals surface area contributed by atoms with E-state index in [9.17, 15) is 19.5 Å². The van der Waals surface area contributed by atoms with Crippen LogP contribution in [0.4, 0.5) is 5.69 Å². The number of amides is 3. The Morgan fingerprint density at radius 1 is 1.25 bits per heavy atom. The number of anilines is 1.